The van der Waals surface area contributed by atoms with Gasteiger partial charge in [-0.2, -0.15) is 0 Å². The molecule has 2 N–H and O–H groups in total. The van der Waals surface area contributed by atoms with E-state index in [1.165, 1.54) is 12.1 Å². The lowest BCUT2D eigenvalue weighted by Gasteiger charge is -2.06. The van der Waals surface area contributed by atoms with Crippen molar-refractivity contribution in [1.29, 1.82) is 0 Å². The Balaban J connectivity index is 0.00000134. The molecule has 0 aliphatic rings. The van der Waals surface area contributed by atoms with Crippen LogP contribution in [0.2, 0.25) is 0 Å². The number of carbonyl (C=O) groups is 3. The average Bonchev–Trinajstić information content (AvgIpc) is 2.64. The second-order valence-electron chi connectivity index (χ2n) is 4.21. The van der Waals surface area contributed by atoms with Gasteiger partial charge >= 0.3 is 11.9 Å². The molecule has 5 nitrogen and oxygen atoms in total. The van der Waals surface area contributed by atoms with Crippen LogP contribution in [-0.4, -0.2) is 27.9 Å². The number of hydrogen-bond donors (Lipinski definition) is 2. The molecule has 2 rings (SSSR count). The van der Waals surface area contributed by atoms with Gasteiger partial charge in [0.15, 0.2) is 5.78 Å². The van der Waals surface area contributed by atoms with E-state index in [0.717, 1.165) is 30.3 Å². The lowest BCUT2D eigenvalue weighted by molar-refractivity contribution is 0.0692. The number of benzene rings is 2. The minimum absolute atomic E-state index is 0.113. The van der Waals surface area contributed by atoms with Gasteiger partial charge in [0.2, 0.25) is 0 Å². The summed E-state index contributed by atoms with van der Waals surface area (Å²) in [7, 11) is 0. The van der Waals surface area contributed by atoms with Crippen molar-refractivity contribution in [3.63, 3.8) is 0 Å². The highest BCUT2D eigenvalue weighted by atomic mass is 19.1. The summed E-state index contributed by atoms with van der Waals surface area (Å²) in [5, 5.41) is 18.0. The van der Waals surface area contributed by atoms with Gasteiger partial charge in [-0.3, -0.25) is 4.79 Å². The minimum atomic E-state index is -1.41. The molecule has 2 aromatic carbocycles. The fourth-order valence-corrected chi connectivity index (χ4v) is 1.81. The molecule has 0 aliphatic carbocycles. The van der Waals surface area contributed by atoms with E-state index in [4.69, 9.17) is 10.2 Å². The van der Waals surface area contributed by atoms with E-state index in [1.54, 1.807) is 0 Å². The first kappa shape index (κ1) is 21.5. The Kier molecular flexibility index (Phi) is 8.91. The first-order chi connectivity index (χ1) is 11.9. The Hall–Kier alpha value is -3.46. The Morgan fingerprint density at radius 2 is 1.28 bits per heavy atom. The third kappa shape index (κ3) is 5.59. The molecule has 0 amide bonds. The third-order valence-electron chi connectivity index (χ3n) is 2.85. The zero-order valence-corrected chi connectivity index (χ0v) is 13.7. The van der Waals surface area contributed by atoms with Crippen LogP contribution in [0.5, 0.6) is 0 Å². The summed E-state index contributed by atoms with van der Waals surface area (Å²) in [5.41, 5.74) is -0.687. The van der Waals surface area contributed by atoms with E-state index in [0.29, 0.717) is 0 Å². The Morgan fingerprint density at radius 3 is 1.72 bits per heavy atom. The summed E-state index contributed by atoms with van der Waals surface area (Å²) < 4.78 is 12.8. The van der Waals surface area contributed by atoms with Crippen molar-refractivity contribution in [2.75, 3.05) is 0 Å². The molecule has 0 saturated heterocycles. The quantitative estimate of drug-likeness (QED) is 0.651. The maximum absolute atomic E-state index is 12.8. The fraction of sp³-hybridized carbons (Fsp3) is 0.105. The van der Waals surface area contributed by atoms with Crippen molar-refractivity contribution >= 4 is 17.7 Å². The van der Waals surface area contributed by atoms with Gasteiger partial charge in [-0.05, 0) is 42.5 Å². The lowest BCUT2D eigenvalue weighted by atomic mass is 9.96. The zero-order valence-electron chi connectivity index (χ0n) is 13.7. The van der Waals surface area contributed by atoms with Crippen molar-refractivity contribution in [3.05, 3.63) is 70.5 Å². The summed E-state index contributed by atoms with van der Waals surface area (Å²) in [6, 6.07) is 7.83. The molecule has 0 saturated carbocycles. The normalized spacial score (nSPS) is 8.84. The standard InChI is InChI=1S/C15H9FO5.C2H6.C2H2/c16-10-4-1-8(2-5-10)13(17)11-6-3-9(14(18)19)7-12(11)15(20)21;2*1-2/h1-7H,(H,18,19)(H,20,21);1-2H3;1-2H. The lowest BCUT2D eigenvalue weighted by Crippen LogP contribution is -2.11. The van der Waals surface area contributed by atoms with E-state index in [9.17, 15) is 18.8 Å². The number of carboxylic acid groups (broad SMARTS) is 2. The minimum Gasteiger partial charge on any atom is -0.478 e. The molecule has 2 aromatic rings. The Labute approximate surface area is 144 Å². The number of terminal acetylenes is 1. The SMILES string of the molecule is C#C.CC.O=C(O)c1ccc(C(=O)c2ccc(F)cc2)c(C(=O)O)c1. The van der Waals surface area contributed by atoms with Crippen LogP contribution < -0.4 is 0 Å². The largest absolute Gasteiger partial charge is 0.478 e. The Bertz CT molecular complexity index is 776. The Morgan fingerprint density at radius 1 is 0.800 bits per heavy atom. The smallest absolute Gasteiger partial charge is 0.336 e. The first-order valence-corrected chi connectivity index (χ1v) is 7.14. The second-order valence-corrected chi connectivity index (χ2v) is 4.21. The number of carbonyl (C=O) groups excluding carboxylic acids is 1. The van der Waals surface area contributed by atoms with E-state index in [2.05, 4.69) is 12.8 Å². The summed E-state index contributed by atoms with van der Waals surface area (Å²) in [4.78, 5) is 34.3. The topological polar surface area (TPSA) is 91.7 Å². The van der Waals surface area contributed by atoms with Crippen LogP contribution in [0.4, 0.5) is 4.39 Å². The molecule has 0 radical (unpaired) electrons. The maximum Gasteiger partial charge on any atom is 0.336 e. The molecule has 0 spiro atoms. The molecule has 0 unspecified atom stereocenters. The summed E-state index contributed by atoms with van der Waals surface area (Å²) >= 11 is 0. The highest BCUT2D eigenvalue weighted by molar-refractivity contribution is 6.14. The zero-order chi connectivity index (χ0) is 19.6. The van der Waals surface area contributed by atoms with Gasteiger partial charge in [0.25, 0.3) is 0 Å². The molecule has 0 atom stereocenters. The molecule has 130 valence electrons. The number of halogens is 1. The van der Waals surface area contributed by atoms with E-state index < -0.39 is 29.1 Å². The van der Waals surface area contributed by atoms with Crippen LogP contribution in [0.3, 0.4) is 0 Å². The molecular weight excluding hydrogens is 327 g/mol. The summed E-state index contributed by atoms with van der Waals surface area (Å²) in [6.07, 6.45) is 8.00. The van der Waals surface area contributed by atoms with Crippen LogP contribution in [0.15, 0.2) is 42.5 Å². The monoisotopic (exact) mass is 344 g/mol. The van der Waals surface area contributed by atoms with Gasteiger partial charge in [-0.1, -0.05) is 13.8 Å². The molecule has 0 heterocycles. The second kappa shape index (κ2) is 10.3. The molecule has 0 aromatic heterocycles. The van der Waals surface area contributed by atoms with Gasteiger partial charge in [0.05, 0.1) is 11.1 Å². The maximum atomic E-state index is 12.8. The molecule has 0 fully saturated rings. The molecule has 0 bridgehead atoms. The number of hydrogen-bond acceptors (Lipinski definition) is 3. The van der Waals surface area contributed by atoms with Gasteiger partial charge in [-0.15, -0.1) is 12.8 Å². The number of carboxylic acids is 2. The molecule has 0 aliphatic heterocycles. The number of rotatable bonds is 4. The number of aromatic carboxylic acids is 2. The third-order valence-corrected chi connectivity index (χ3v) is 2.85. The van der Waals surface area contributed by atoms with Crippen molar-refractivity contribution < 1.29 is 29.0 Å². The first-order valence-electron chi connectivity index (χ1n) is 7.14. The molecular formula is C19H17FO5. The molecule has 6 heteroatoms. The van der Waals surface area contributed by atoms with Crippen LogP contribution in [0.1, 0.15) is 50.5 Å². The van der Waals surface area contributed by atoms with Crippen molar-refractivity contribution in [1.82, 2.24) is 0 Å². The van der Waals surface area contributed by atoms with Crippen molar-refractivity contribution in [2.45, 2.75) is 13.8 Å². The van der Waals surface area contributed by atoms with Gasteiger partial charge in [-0.25, -0.2) is 14.0 Å². The van der Waals surface area contributed by atoms with Crippen LogP contribution in [-0.2, 0) is 0 Å². The number of ketones is 1. The highest BCUT2D eigenvalue weighted by Gasteiger charge is 2.20. The predicted molar refractivity (Wildman–Crippen MR) is 91.4 cm³/mol. The van der Waals surface area contributed by atoms with E-state index >= 15 is 0 Å². The average molecular weight is 344 g/mol. The fourth-order valence-electron chi connectivity index (χ4n) is 1.81. The van der Waals surface area contributed by atoms with Gasteiger partial charge in [0.1, 0.15) is 5.82 Å². The van der Waals surface area contributed by atoms with E-state index in [1.807, 2.05) is 13.8 Å². The van der Waals surface area contributed by atoms with E-state index in [-0.39, 0.29) is 16.7 Å². The van der Waals surface area contributed by atoms with Crippen LogP contribution in [0.25, 0.3) is 0 Å². The van der Waals surface area contributed by atoms with Crippen LogP contribution in [0, 0.1) is 18.7 Å². The van der Waals surface area contributed by atoms with Crippen LogP contribution >= 0.6 is 0 Å². The van der Waals surface area contributed by atoms with Crippen molar-refractivity contribution in [2.24, 2.45) is 0 Å². The molecule has 25 heavy (non-hydrogen) atoms. The summed E-state index contributed by atoms with van der Waals surface area (Å²) in [6.45, 7) is 4.00. The van der Waals surface area contributed by atoms with Gasteiger partial charge in [0, 0.05) is 11.1 Å². The summed E-state index contributed by atoms with van der Waals surface area (Å²) in [5.74, 6) is -3.85. The van der Waals surface area contributed by atoms with Crippen molar-refractivity contribution in [3.8, 4) is 12.8 Å². The highest BCUT2D eigenvalue weighted by Crippen LogP contribution is 2.17. The van der Waals surface area contributed by atoms with Gasteiger partial charge < -0.3 is 10.2 Å². The predicted octanol–water partition coefficient (Wildman–Crippen LogP) is 3.73.